The Morgan fingerprint density at radius 3 is 2.33 bits per heavy atom. The first-order chi connectivity index (χ1) is 12.9. The third kappa shape index (κ3) is 2.52. The van der Waals surface area contributed by atoms with Gasteiger partial charge in [-0.15, -0.1) is 0 Å². The number of hydrogen-bond acceptors (Lipinski definition) is 5. The van der Waals surface area contributed by atoms with E-state index in [1.807, 2.05) is 0 Å². The van der Waals surface area contributed by atoms with E-state index in [0.717, 1.165) is 10.5 Å². The van der Waals surface area contributed by atoms with Crippen LogP contribution in [-0.2, 0) is 0 Å². The molecule has 0 fully saturated rings. The van der Waals surface area contributed by atoms with E-state index in [1.54, 1.807) is 43.3 Å². The Labute approximate surface area is 153 Å². The highest BCUT2D eigenvalue weighted by Crippen LogP contribution is 2.39. The number of ether oxygens (including phenoxy) is 1. The van der Waals surface area contributed by atoms with Gasteiger partial charge in [0.2, 0.25) is 5.75 Å². The van der Waals surface area contributed by atoms with Gasteiger partial charge in [0.25, 0.3) is 11.8 Å². The molecule has 0 unspecified atom stereocenters. The summed E-state index contributed by atoms with van der Waals surface area (Å²) in [5.41, 5.74) is 1.38. The molecular formula is C20H14N2O5. The van der Waals surface area contributed by atoms with E-state index in [9.17, 15) is 19.7 Å². The molecule has 0 saturated heterocycles. The number of hydrogen-bond donors (Lipinski definition) is 0. The lowest BCUT2D eigenvalue weighted by Crippen LogP contribution is -2.36. The molecule has 2 amide bonds. The van der Waals surface area contributed by atoms with Gasteiger partial charge in [-0.05, 0) is 36.8 Å². The number of rotatable bonds is 3. The fraction of sp³-hybridized carbons (Fsp3) is 0.100. The largest absolute Gasteiger partial charge is 0.449 e. The van der Waals surface area contributed by atoms with Crippen LogP contribution in [0, 0.1) is 17.0 Å². The third-order valence-corrected chi connectivity index (χ3v) is 4.60. The lowest BCUT2D eigenvalue weighted by Gasteiger charge is -2.24. The van der Waals surface area contributed by atoms with Gasteiger partial charge < -0.3 is 4.74 Å². The monoisotopic (exact) mass is 362 g/mol. The molecule has 1 aliphatic rings. The zero-order valence-electron chi connectivity index (χ0n) is 14.6. The van der Waals surface area contributed by atoms with Crippen LogP contribution in [0.4, 0.5) is 5.69 Å². The summed E-state index contributed by atoms with van der Waals surface area (Å²) < 4.78 is 5.84. The van der Waals surface area contributed by atoms with Gasteiger partial charge in [-0.3, -0.25) is 24.6 Å². The van der Waals surface area contributed by atoms with Crippen LogP contribution in [0.3, 0.4) is 0 Å². The number of nitrogens with zero attached hydrogens (tertiary/aromatic N) is 2. The minimum Gasteiger partial charge on any atom is -0.449 e. The number of aryl methyl sites for hydroxylation is 1. The van der Waals surface area contributed by atoms with Crippen molar-refractivity contribution in [3.63, 3.8) is 0 Å². The Balaban J connectivity index is 1.91. The van der Waals surface area contributed by atoms with E-state index in [4.69, 9.17) is 4.74 Å². The molecule has 0 N–H and O–H groups in total. The van der Waals surface area contributed by atoms with Crippen molar-refractivity contribution < 1.29 is 19.2 Å². The van der Waals surface area contributed by atoms with E-state index in [-0.39, 0.29) is 11.4 Å². The Hall–Kier alpha value is -3.74. The van der Waals surface area contributed by atoms with E-state index >= 15 is 0 Å². The second-order valence-electron chi connectivity index (χ2n) is 6.34. The SMILES string of the molecule is Cc1ccc(Oc2ccc3c4c(cccc24)C(=O)N(C)C3=O)c([N+](=O)[O-])c1. The van der Waals surface area contributed by atoms with Crippen molar-refractivity contribution in [2.24, 2.45) is 0 Å². The molecule has 0 radical (unpaired) electrons. The molecule has 1 aliphatic heterocycles. The zero-order chi connectivity index (χ0) is 19.3. The molecule has 0 saturated carbocycles. The summed E-state index contributed by atoms with van der Waals surface area (Å²) in [5, 5.41) is 12.4. The summed E-state index contributed by atoms with van der Waals surface area (Å²) in [7, 11) is 1.44. The van der Waals surface area contributed by atoms with E-state index < -0.39 is 16.7 Å². The van der Waals surface area contributed by atoms with Crippen molar-refractivity contribution in [2.45, 2.75) is 6.92 Å². The van der Waals surface area contributed by atoms with Crippen molar-refractivity contribution in [1.82, 2.24) is 4.90 Å². The predicted octanol–water partition coefficient (Wildman–Crippen LogP) is 4.07. The van der Waals surface area contributed by atoms with Crippen LogP contribution in [0.1, 0.15) is 26.3 Å². The second-order valence-corrected chi connectivity index (χ2v) is 6.34. The Morgan fingerprint density at radius 1 is 0.963 bits per heavy atom. The van der Waals surface area contributed by atoms with Crippen LogP contribution in [0.5, 0.6) is 11.5 Å². The van der Waals surface area contributed by atoms with Gasteiger partial charge in [-0.2, -0.15) is 0 Å². The maximum absolute atomic E-state index is 12.4. The molecule has 27 heavy (non-hydrogen) atoms. The van der Waals surface area contributed by atoms with Crippen molar-refractivity contribution in [1.29, 1.82) is 0 Å². The summed E-state index contributed by atoms with van der Waals surface area (Å²) in [6, 6.07) is 12.9. The average Bonchev–Trinajstić information content (AvgIpc) is 2.66. The first kappa shape index (κ1) is 16.7. The number of amides is 2. The third-order valence-electron chi connectivity index (χ3n) is 4.60. The molecule has 3 aromatic carbocycles. The number of benzene rings is 3. The molecule has 0 aliphatic carbocycles. The quantitative estimate of drug-likeness (QED) is 0.398. The number of nitro benzene ring substituents is 1. The Bertz CT molecular complexity index is 1130. The second kappa shape index (κ2) is 5.91. The van der Waals surface area contributed by atoms with Gasteiger partial charge >= 0.3 is 5.69 Å². The summed E-state index contributed by atoms with van der Waals surface area (Å²) in [5.74, 6) is -0.349. The van der Waals surface area contributed by atoms with Crippen LogP contribution >= 0.6 is 0 Å². The van der Waals surface area contributed by atoms with E-state index in [0.29, 0.717) is 27.6 Å². The molecule has 0 spiro atoms. The van der Waals surface area contributed by atoms with Crippen LogP contribution < -0.4 is 4.74 Å². The molecule has 0 atom stereocenters. The molecule has 1 heterocycles. The van der Waals surface area contributed by atoms with Gasteiger partial charge in [-0.25, -0.2) is 0 Å². The summed E-state index contributed by atoms with van der Waals surface area (Å²) in [6.07, 6.45) is 0. The molecule has 0 bridgehead atoms. The van der Waals surface area contributed by atoms with Gasteiger partial charge in [0.15, 0.2) is 0 Å². The topological polar surface area (TPSA) is 89.8 Å². The van der Waals surface area contributed by atoms with Crippen LogP contribution in [0.2, 0.25) is 0 Å². The Kier molecular flexibility index (Phi) is 3.66. The Morgan fingerprint density at radius 2 is 1.63 bits per heavy atom. The maximum Gasteiger partial charge on any atom is 0.311 e. The average molecular weight is 362 g/mol. The molecular weight excluding hydrogens is 348 g/mol. The molecule has 3 aromatic rings. The standard InChI is InChI=1S/C20H14N2O5/c1-11-6-8-17(15(10-11)22(25)26)27-16-9-7-14-18-12(16)4-3-5-13(18)19(23)21(2)20(14)24/h3-10H,1-2H3. The summed E-state index contributed by atoms with van der Waals surface area (Å²) >= 11 is 0. The van der Waals surface area contributed by atoms with Crippen LogP contribution in [-0.4, -0.2) is 28.7 Å². The van der Waals surface area contributed by atoms with Crippen molar-refractivity contribution in [3.8, 4) is 11.5 Å². The van der Waals surface area contributed by atoms with Gasteiger partial charge in [0.1, 0.15) is 5.75 Å². The summed E-state index contributed by atoms with van der Waals surface area (Å²) in [6.45, 7) is 1.76. The van der Waals surface area contributed by atoms with Crippen LogP contribution in [0.15, 0.2) is 48.5 Å². The predicted molar refractivity (Wildman–Crippen MR) is 98.3 cm³/mol. The molecule has 7 nitrogen and oxygen atoms in total. The van der Waals surface area contributed by atoms with Crippen molar-refractivity contribution in [2.75, 3.05) is 7.05 Å². The van der Waals surface area contributed by atoms with Gasteiger partial charge in [0, 0.05) is 35.0 Å². The van der Waals surface area contributed by atoms with Gasteiger partial charge in [-0.1, -0.05) is 18.2 Å². The molecule has 134 valence electrons. The zero-order valence-corrected chi connectivity index (χ0v) is 14.6. The lowest BCUT2D eigenvalue weighted by molar-refractivity contribution is -0.385. The number of imide groups is 1. The van der Waals surface area contributed by atoms with Crippen molar-refractivity contribution >= 4 is 28.3 Å². The first-order valence-corrected chi connectivity index (χ1v) is 8.19. The summed E-state index contributed by atoms with van der Waals surface area (Å²) in [4.78, 5) is 36.8. The smallest absolute Gasteiger partial charge is 0.311 e. The number of carbonyl (C=O) groups is 2. The minimum atomic E-state index is -0.505. The molecule has 0 aromatic heterocycles. The number of nitro groups is 1. The highest BCUT2D eigenvalue weighted by atomic mass is 16.6. The van der Waals surface area contributed by atoms with Crippen molar-refractivity contribution in [3.05, 3.63) is 75.3 Å². The van der Waals surface area contributed by atoms with E-state index in [2.05, 4.69) is 0 Å². The first-order valence-electron chi connectivity index (χ1n) is 8.19. The molecule has 4 rings (SSSR count). The fourth-order valence-electron chi connectivity index (χ4n) is 3.25. The number of carbonyl (C=O) groups excluding carboxylic acids is 2. The highest BCUT2D eigenvalue weighted by Gasteiger charge is 2.31. The lowest BCUT2D eigenvalue weighted by atomic mass is 9.94. The fourth-order valence-corrected chi connectivity index (χ4v) is 3.25. The highest BCUT2D eigenvalue weighted by molar-refractivity contribution is 6.26. The maximum atomic E-state index is 12.4. The van der Waals surface area contributed by atoms with Crippen LogP contribution in [0.25, 0.3) is 10.8 Å². The minimum absolute atomic E-state index is 0.0943. The molecule has 7 heteroatoms. The van der Waals surface area contributed by atoms with E-state index in [1.165, 1.54) is 19.2 Å². The normalized spacial score (nSPS) is 13.2. The van der Waals surface area contributed by atoms with Gasteiger partial charge in [0.05, 0.1) is 4.92 Å².